The Balaban J connectivity index is 2.12. The van der Waals surface area contributed by atoms with E-state index in [0.29, 0.717) is 25.7 Å². The van der Waals surface area contributed by atoms with Crippen molar-refractivity contribution in [1.82, 2.24) is 0 Å². The molecule has 0 saturated heterocycles. The summed E-state index contributed by atoms with van der Waals surface area (Å²) in [6.45, 7) is 9.54. The van der Waals surface area contributed by atoms with Crippen molar-refractivity contribution in [2.45, 2.75) is 110 Å². The van der Waals surface area contributed by atoms with Crippen LogP contribution < -0.4 is 0 Å². The molecule has 0 bridgehead atoms. The molecule has 2 rings (SSSR count). The zero-order chi connectivity index (χ0) is 21.8. The Labute approximate surface area is 185 Å². The summed E-state index contributed by atoms with van der Waals surface area (Å²) in [5, 5.41) is 0. The lowest BCUT2D eigenvalue weighted by atomic mass is 9.74. The summed E-state index contributed by atoms with van der Waals surface area (Å²) in [7, 11) is -2.61. The Morgan fingerprint density at radius 1 is 0.800 bits per heavy atom. The van der Waals surface area contributed by atoms with E-state index in [0.717, 1.165) is 43.6 Å². The topological polar surface area (TPSA) is 54.0 Å². The molecule has 0 amide bonds. The van der Waals surface area contributed by atoms with Gasteiger partial charge in [0, 0.05) is 32.8 Å². The summed E-state index contributed by atoms with van der Waals surface area (Å²) in [6.07, 6.45) is 13.8. The van der Waals surface area contributed by atoms with Gasteiger partial charge in [0.25, 0.3) is 0 Å². The first-order chi connectivity index (χ1) is 14.5. The molecule has 0 aromatic rings. The van der Waals surface area contributed by atoms with Crippen LogP contribution in [0.5, 0.6) is 0 Å². The van der Waals surface area contributed by atoms with Gasteiger partial charge in [-0.2, -0.15) is 0 Å². The number of ether oxygens (including phenoxy) is 1. The van der Waals surface area contributed by atoms with Gasteiger partial charge in [-0.15, -0.1) is 0 Å². The molecule has 0 aromatic carbocycles. The largest absolute Gasteiger partial charge is 0.500 e. The van der Waals surface area contributed by atoms with E-state index in [1.54, 1.807) is 0 Å². The Morgan fingerprint density at radius 2 is 1.37 bits per heavy atom. The minimum absolute atomic E-state index is 0.0912. The van der Waals surface area contributed by atoms with Crippen molar-refractivity contribution in [3.63, 3.8) is 0 Å². The Bertz CT molecular complexity index is 461. The lowest BCUT2D eigenvalue weighted by Crippen LogP contribution is -2.46. The average Bonchev–Trinajstić information content (AvgIpc) is 3.08. The van der Waals surface area contributed by atoms with E-state index in [1.807, 2.05) is 20.8 Å². The Kier molecular flexibility index (Phi) is 11.9. The highest BCUT2D eigenvalue weighted by Gasteiger charge is 2.42. The number of carbonyl (C=O) groups excluding carboxylic acids is 1. The first-order valence-corrected chi connectivity index (χ1v) is 14.6. The number of carbonyl (C=O) groups is 1. The van der Waals surface area contributed by atoms with Crippen LogP contribution >= 0.6 is 0 Å². The van der Waals surface area contributed by atoms with Gasteiger partial charge in [0.05, 0.1) is 0 Å². The fraction of sp³-hybridized carbons (Fsp3) is 0.958. The normalized spacial score (nSPS) is 26.7. The molecule has 0 radical (unpaired) electrons. The van der Waals surface area contributed by atoms with Crippen molar-refractivity contribution in [3.8, 4) is 0 Å². The molecule has 176 valence electrons. The van der Waals surface area contributed by atoms with Crippen molar-refractivity contribution in [3.05, 3.63) is 0 Å². The van der Waals surface area contributed by atoms with E-state index in [-0.39, 0.29) is 12.1 Å². The molecule has 2 aliphatic rings. The molecule has 0 heterocycles. The predicted molar refractivity (Wildman–Crippen MR) is 122 cm³/mol. The van der Waals surface area contributed by atoms with Crippen LogP contribution in [-0.2, 0) is 22.8 Å². The molecule has 0 spiro atoms. The highest BCUT2D eigenvalue weighted by atomic mass is 28.4. The number of hydrogen-bond acceptors (Lipinski definition) is 5. The zero-order valence-electron chi connectivity index (χ0n) is 20.0. The molecule has 0 aromatic heterocycles. The summed E-state index contributed by atoms with van der Waals surface area (Å²) in [5.74, 6) is 2.04. The monoisotopic (exact) mass is 442 g/mol. The van der Waals surface area contributed by atoms with E-state index in [9.17, 15) is 4.79 Å². The summed E-state index contributed by atoms with van der Waals surface area (Å²) in [4.78, 5) is 11.5. The van der Waals surface area contributed by atoms with Crippen molar-refractivity contribution in [2.75, 3.05) is 19.8 Å². The fourth-order valence-electron chi connectivity index (χ4n) is 5.81. The van der Waals surface area contributed by atoms with Gasteiger partial charge in [-0.05, 0) is 70.6 Å². The molecule has 6 heteroatoms. The molecule has 2 saturated carbocycles. The molecule has 0 aliphatic heterocycles. The molecule has 30 heavy (non-hydrogen) atoms. The second kappa shape index (κ2) is 13.9. The van der Waals surface area contributed by atoms with Gasteiger partial charge in [0.15, 0.2) is 0 Å². The lowest BCUT2D eigenvalue weighted by Gasteiger charge is -2.35. The molecule has 3 unspecified atom stereocenters. The summed E-state index contributed by atoms with van der Waals surface area (Å²) in [6, 6.07) is 0.897. The van der Waals surface area contributed by atoms with Gasteiger partial charge in [0.2, 0.25) is 0 Å². The van der Waals surface area contributed by atoms with Crippen LogP contribution in [0.15, 0.2) is 0 Å². The van der Waals surface area contributed by atoms with Gasteiger partial charge in [-0.3, -0.25) is 4.79 Å². The van der Waals surface area contributed by atoms with E-state index in [1.165, 1.54) is 51.9 Å². The molecule has 0 N–H and O–H groups in total. The maximum atomic E-state index is 11.5. The lowest BCUT2D eigenvalue weighted by molar-refractivity contribution is -0.146. The van der Waals surface area contributed by atoms with E-state index in [2.05, 4.69) is 0 Å². The van der Waals surface area contributed by atoms with Crippen molar-refractivity contribution >= 4 is 14.8 Å². The fourth-order valence-corrected chi connectivity index (χ4v) is 8.53. The smallest absolute Gasteiger partial charge is 0.463 e. The highest BCUT2D eigenvalue weighted by Crippen LogP contribution is 2.43. The maximum absolute atomic E-state index is 11.5. The maximum Gasteiger partial charge on any atom is 0.500 e. The van der Waals surface area contributed by atoms with Crippen LogP contribution in [0.3, 0.4) is 0 Å². The quantitative estimate of drug-likeness (QED) is 0.219. The third-order valence-corrected chi connectivity index (χ3v) is 10.1. The van der Waals surface area contributed by atoms with Crippen LogP contribution in [0.2, 0.25) is 6.04 Å². The minimum Gasteiger partial charge on any atom is -0.463 e. The average molecular weight is 443 g/mol. The van der Waals surface area contributed by atoms with Gasteiger partial charge in [0.1, 0.15) is 6.10 Å². The Morgan fingerprint density at radius 3 is 1.90 bits per heavy atom. The van der Waals surface area contributed by atoms with Crippen LogP contribution in [0.25, 0.3) is 0 Å². The zero-order valence-corrected chi connectivity index (χ0v) is 21.0. The van der Waals surface area contributed by atoms with Gasteiger partial charge in [-0.1, -0.05) is 38.5 Å². The van der Waals surface area contributed by atoms with Gasteiger partial charge < -0.3 is 18.0 Å². The van der Waals surface area contributed by atoms with Crippen molar-refractivity contribution in [2.24, 2.45) is 17.8 Å². The van der Waals surface area contributed by atoms with Gasteiger partial charge >= 0.3 is 14.8 Å². The number of esters is 1. The van der Waals surface area contributed by atoms with E-state index in [4.69, 9.17) is 18.0 Å². The SMILES string of the molecule is CCO[Si](CCC1CCC(OC(C)=O)CCC1C1CCCCCC1)(OCC)OCC. The molecular weight excluding hydrogens is 396 g/mol. The molecule has 5 nitrogen and oxygen atoms in total. The van der Waals surface area contributed by atoms with Gasteiger partial charge in [-0.25, -0.2) is 0 Å². The second-order valence-corrected chi connectivity index (χ2v) is 11.8. The first kappa shape index (κ1) is 25.8. The molecular formula is C24H46O5Si. The van der Waals surface area contributed by atoms with Crippen LogP contribution in [0.4, 0.5) is 0 Å². The highest BCUT2D eigenvalue weighted by molar-refractivity contribution is 6.60. The number of hydrogen-bond donors (Lipinski definition) is 0. The van der Waals surface area contributed by atoms with E-state index < -0.39 is 8.80 Å². The third-order valence-electron chi connectivity index (χ3n) is 7.04. The Hall–Kier alpha value is -0.433. The summed E-state index contributed by atoms with van der Waals surface area (Å²) >= 11 is 0. The molecule has 2 aliphatic carbocycles. The molecule has 3 atom stereocenters. The third kappa shape index (κ3) is 8.25. The molecule has 2 fully saturated rings. The minimum atomic E-state index is -2.61. The number of rotatable bonds is 11. The standard InChI is InChI=1S/C24H46O5Si/c1-5-26-30(27-6-2,28-7-3)19-18-22-14-15-23(29-20(4)25)16-17-24(22)21-12-10-8-9-11-13-21/h21-24H,5-19H2,1-4H3. The summed E-state index contributed by atoms with van der Waals surface area (Å²) in [5.41, 5.74) is 0. The van der Waals surface area contributed by atoms with E-state index >= 15 is 0 Å². The second-order valence-electron chi connectivity index (χ2n) is 9.08. The predicted octanol–water partition coefficient (Wildman–Crippen LogP) is 6.13. The van der Waals surface area contributed by atoms with Crippen molar-refractivity contribution in [1.29, 1.82) is 0 Å². The van der Waals surface area contributed by atoms with Crippen LogP contribution in [0.1, 0.15) is 98.3 Å². The van der Waals surface area contributed by atoms with Crippen LogP contribution in [0, 0.1) is 17.8 Å². The van der Waals surface area contributed by atoms with Crippen LogP contribution in [-0.4, -0.2) is 40.7 Å². The first-order valence-electron chi connectivity index (χ1n) is 12.6. The summed E-state index contributed by atoms with van der Waals surface area (Å²) < 4.78 is 24.0. The van der Waals surface area contributed by atoms with Crippen molar-refractivity contribution < 1.29 is 22.8 Å².